The summed E-state index contributed by atoms with van der Waals surface area (Å²) in [5, 5.41) is 1.13. The third-order valence-corrected chi connectivity index (χ3v) is 12.9. The van der Waals surface area contributed by atoms with Gasteiger partial charge in [-0.3, -0.25) is 0 Å². The average molecular weight is 738 g/mol. The molecule has 1 aromatic heterocycles. The van der Waals surface area contributed by atoms with Crippen LogP contribution in [0.4, 0.5) is 51.2 Å². The standard InChI is InChI=1S/C52H44BN3O/c1-51(2)31-32-52(3,4)42-33-38(27-29-41(42)51)56-45-25-16-24-44-48(45)53(50-49(56)40-23-14-15-26-47(40)57-50)43-30-28-39(34-46(43)55(44)37-21-12-7-13-22-37)54(35-17-8-5-9-18-35)36-19-10-6-11-20-36/h5-30,33-34H,31-32H2,1-4H3. The number of hydrogen-bond acceptors (Lipinski definition) is 4. The van der Waals surface area contributed by atoms with Crippen LogP contribution in [0.1, 0.15) is 51.7 Å². The Labute approximate surface area is 335 Å². The molecule has 0 bridgehead atoms. The number of furan rings is 1. The first-order valence-electron chi connectivity index (χ1n) is 20.3. The highest BCUT2D eigenvalue weighted by Crippen LogP contribution is 2.51. The zero-order valence-corrected chi connectivity index (χ0v) is 32.9. The van der Waals surface area contributed by atoms with E-state index in [0.717, 1.165) is 62.9 Å². The summed E-state index contributed by atoms with van der Waals surface area (Å²) < 4.78 is 7.12. The largest absolute Gasteiger partial charge is 0.468 e. The Hall–Kier alpha value is -6.46. The quantitative estimate of drug-likeness (QED) is 0.164. The van der Waals surface area contributed by atoms with Crippen molar-refractivity contribution >= 4 is 85.5 Å². The first-order chi connectivity index (χ1) is 27.8. The highest BCUT2D eigenvalue weighted by molar-refractivity contribution is 7.00. The van der Waals surface area contributed by atoms with Crippen LogP contribution in [-0.2, 0) is 10.8 Å². The third-order valence-electron chi connectivity index (χ3n) is 12.9. The number of hydrogen-bond donors (Lipinski definition) is 0. The van der Waals surface area contributed by atoms with Crippen LogP contribution in [0.15, 0.2) is 174 Å². The van der Waals surface area contributed by atoms with Gasteiger partial charge in [0.1, 0.15) is 5.58 Å². The van der Waals surface area contributed by atoms with Crippen molar-refractivity contribution in [2.24, 2.45) is 0 Å². The minimum absolute atomic E-state index is 0.0741. The van der Waals surface area contributed by atoms with Crippen LogP contribution >= 0.6 is 0 Å². The van der Waals surface area contributed by atoms with E-state index in [4.69, 9.17) is 4.42 Å². The maximum atomic E-state index is 7.12. The molecule has 2 aliphatic heterocycles. The van der Waals surface area contributed by atoms with Gasteiger partial charge in [-0.05, 0) is 131 Å². The van der Waals surface area contributed by atoms with Gasteiger partial charge in [-0.25, -0.2) is 0 Å². The molecule has 3 heterocycles. The molecule has 7 aromatic carbocycles. The topological polar surface area (TPSA) is 22.9 Å². The van der Waals surface area contributed by atoms with Crippen molar-refractivity contribution < 1.29 is 4.42 Å². The van der Waals surface area contributed by atoms with Gasteiger partial charge in [-0.1, -0.05) is 113 Å². The van der Waals surface area contributed by atoms with Gasteiger partial charge in [0.25, 0.3) is 6.71 Å². The Morgan fingerprint density at radius 2 is 1.12 bits per heavy atom. The molecule has 0 saturated carbocycles. The molecule has 8 aromatic rings. The van der Waals surface area contributed by atoms with E-state index in [-0.39, 0.29) is 17.5 Å². The zero-order valence-electron chi connectivity index (χ0n) is 32.9. The molecule has 0 saturated heterocycles. The van der Waals surface area contributed by atoms with E-state index < -0.39 is 0 Å². The van der Waals surface area contributed by atoms with Gasteiger partial charge in [0, 0.05) is 50.9 Å². The van der Waals surface area contributed by atoms with Gasteiger partial charge in [0.05, 0.1) is 11.3 Å². The van der Waals surface area contributed by atoms with Crippen LogP contribution in [0.25, 0.3) is 11.0 Å². The van der Waals surface area contributed by atoms with Crippen LogP contribution in [-0.4, -0.2) is 6.71 Å². The molecule has 0 N–H and O–H groups in total. The molecule has 4 nitrogen and oxygen atoms in total. The second-order valence-electron chi connectivity index (χ2n) is 17.2. The summed E-state index contributed by atoms with van der Waals surface area (Å²) in [6, 6.07) is 61.8. The van der Waals surface area contributed by atoms with E-state index in [2.05, 4.69) is 212 Å². The van der Waals surface area contributed by atoms with Gasteiger partial charge in [0.15, 0.2) is 0 Å². The normalized spacial score (nSPS) is 15.8. The van der Waals surface area contributed by atoms with Crippen molar-refractivity contribution in [1.82, 2.24) is 0 Å². The first-order valence-corrected chi connectivity index (χ1v) is 20.3. The Balaban J connectivity index is 1.18. The summed E-state index contributed by atoms with van der Waals surface area (Å²) in [6.45, 7) is 9.52. The number of benzene rings is 7. The predicted octanol–water partition coefficient (Wildman–Crippen LogP) is 12.3. The van der Waals surface area contributed by atoms with Gasteiger partial charge in [-0.15, -0.1) is 0 Å². The van der Waals surface area contributed by atoms with E-state index >= 15 is 0 Å². The van der Waals surface area contributed by atoms with Crippen molar-refractivity contribution in [3.8, 4) is 0 Å². The molecule has 276 valence electrons. The zero-order chi connectivity index (χ0) is 38.5. The van der Waals surface area contributed by atoms with Crippen LogP contribution in [0.3, 0.4) is 0 Å². The van der Waals surface area contributed by atoms with Gasteiger partial charge >= 0.3 is 0 Å². The van der Waals surface area contributed by atoms with E-state index in [0.29, 0.717) is 0 Å². The summed E-state index contributed by atoms with van der Waals surface area (Å²) in [5.74, 6) is 0. The molecule has 5 heteroatoms. The van der Waals surface area contributed by atoms with Crippen molar-refractivity contribution in [3.63, 3.8) is 0 Å². The summed E-state index contributed by atoms with van der Waals surface area (Å²) >= 11 is 0. The lowest BCUT2D eigenvalue weighted by Crippen LogP contribution is -2.61. The second kappa shape index (κ2) is 12.5. The first kappa shape index (κ1) is 33.8. The smallest absolute Gasteiger partial charge is 0.297 e. The third kappa shape index (κ3) is 5.14. The second-order valence-corrected chi connectivity index (χ2v) is 17.2. The van der Waals surface area contributed by atoms with Crippen LogP contribution in [0.5, 0.6) is 0 Å². The number of nitrogens with zero attached hydrogens (tertiary/aromatic N) is 3. The molecule has 0 radical (unpaired) electrons. The highest BCUT2D eigenvalue weighted by Gasteiger charge is 2.47. The molecule has 0 unspecified atom stereocenters. The number of fused-ring (bicyclic) bond motifs is 7. The Morgan fingerprint density at radius 3 is 1.82 bits per heavy atom. The predicted molar refractivity (Wildman–Crippen MR) is 240 cm³/mol. The average Bonchev–Trinajstić information content (AvgIpc) is 3.63. The maximum absolute atomic E-state index is 7.12. The summed E-state index contributed by atoms with van der Waals surface area (Å²) in [7, 11) is 0. The molecule has 1 aliphatic carbocycles. The molecular weight excluding hydrogens is 693 g/mol. The Bertz CT molecular complexity index is 2790. The highest BCUT2D eigenvalue weighted by atomic mass is 16.3. The Morgan fingerprint density at radius 1 is 0.509 bits per heavy atom. The summed E-state index contributed by atoms with van der Waals surface area (Å²) in [6.07, 6.45) is 2.35. The fourth-order valence-electron chi connectivity index (χ4n) is 9.93. The van der Waals surface area contributed by atoms with Crippen molar-refractivity contribution in [2.75, 3.05) is 14.7 Å². The Kier molecular flexibility index (Phi) is 7.44. The summed E-state index contributed by atoms with van der Waals surface area (Å²) in [5.41, 5.74) is 17.7. The minimum atomic E-state index is -0.117. The lowest BCUT2D eigenvalue weighted by molar-refractivity contribution is 0.332. The molecule has 3 aliphatic rings. The van der Waals surface area contributed by atoms with E-state index in [1.54, 1.807) is 0 Å². The molecule has 0 fully saturated rings. The molecule has 0 spiro atoms. The fourth-order valence-corrected chi connectivity index (χ4v) is 9.93. The maximum Gasteiger partial charge on any atom is 0.297 e. The monoisotopic (exact) mass is 737 g/mol. The van der Waals surface area contributed by atoms with Gasteiger partial charge in [-0.2, -0.15) is 0 Å². The molecule has 11 rings (SSSR count). The van der Waals surface area contributed by atoms with Crippen LogP contribution in [0.2, 0.25) is 0 Å². The molecule has 0 atom stereocenters. The van der Waals surface area contributed by atoms with Crippen LogP contribution in [0, 0.1) is 0 Å². The van der Waals surface area contributed by atoms with Gasteiger partial charge in [0.2, 0.25) is 0 Å². The number of rotatable bonds is 5. The minimum Gasteiger partial charge on any atom is -0.468 e. The lowest BCUT2D eigenvalue weighted by atomic mass is 9.35. The van der Waals surface area contributed by atoms with E-state index in [1.807, 2.05) is 0 Å². The van der Waals surface area contributed by atoms with Gasteiger partial charge < -0.3 is 19.1 Å². The van der Waals surface area contributed by atoms with Crippen LogP contribution < -0.4 is 31.3 Å². The fraction of sp³-hybridized carbons (Fsp3) is 0.154. The molecular formula is C52H44BN3O. The van der Waals surface area contributed by atoms with Crippen molar-refractivity contribution in [3.05, 3.63) is 181 Å². The SMILES string of the molecule is CC1(C)CCC(C)(C)c2cc(N3c4cccc5c4B(c4ccc(N(c6ccccc6)c6ccccc6)cc4N5c4ccccc4)c4oc5ccccc5c43)ccc21. The molecule has 0 amide bonds. The number of anilines is 9. The number of para-hydroxylation sites is 4. The van der Waals surface area contributed by atoms with E-state index in [1.165, 1.54) is 39.8 Å². The van der Waals surface area contributed by atoms with E-state index in [9.17, 15) is 0 Å². The molecule has 57 heavy (non-hydrogen) atoms. The van der Waals surface area contributed by atoms with Crippen molar-refractivity contribution in [2.45, 2.75) is 51.4 Å². The lowest BCUT2D eigenvalue weighted by Gasteiger charge is -2.44. The summed E-state index contributed by atoms with van der Waals surface area (Å²) in [4.78, 5) is 7.32. The van der Waals surface area contributed by atoms with Crippen molar-refractivity contribution in [1.29, 1.82) is 0 Å².